The molecule has 0 aliphatic heterocycles. The summed E-state index contributed by atoms with van der Waals surface area (Å²) in [6.45, 7) is 12.6. The number of nitrogens with one attached hydrogen (secondary N) is 1. The van der Waals surface area contributed by atoms with E-state index in [1.54, 1.807) is 0 Å². The first-order valence-corrected chi connectivity index (χ1v) is 5.19. The van der Waals surface area contributed by atoms with Crippen LogP contribution in [-0.4, -0.2) is 12.6 Å². The average molecular weight is 171 g/mol. The molecule has 1 atom stereocenters. The lowest BCUT2D eigenvalue weighted by molar-refractivity contribution is 0.337. The van der Waals surface area contributed by atoms with Crippen molar-refractivity contribution >= 4 is 0 Å². The predicted molar refractivity (Wildman–Crippen MR) is 56.4 cm³/mol. The number of hydrogen-bond donors (Lipinski definition) is 1. The van der Waals surface area contributed by atoms with Gasteiger partial charge in [-0.3, -0.25) is 0 Å². The predicted octanol–water partition coefficient (Wildman–Crippen LogP) is 3.20. The lowest BCUT2D eigenvalue weighted by Gasteiger charge is -2.21. The Labute approximate surface area is 77.9 Å². The molecule has 1 heteroatoms. The summed E-state index contributed by atoms with van der Waals surface area (Å²) in [5.74, 6) is 0. The van der Waals surface area contributed by atoms with Crippen LogP contribution in [0.5, 0.6) is 0 Å². The molecule has 0 saturated carbocycles. The van der Waals surface area contributed by atoms with Crippen molar-refractivity contribution in [2.24, 2.45) is 5.41 Å². The fourth-order valence-corrected chi connectivity index (χ4v) is 1.14. The summed E-state index contributed by atoms with van der Waals surface area (Å²) >= 11 is 0. The number of rotatable bonds is 5. The summed E-state index contributed by atoms with van der Waals surface area (Å²) in [4.78, 5) is 0. The average Bonchev–Trinajstić information content (AvgIpc) is 1.95. The van der Waals surface area contributed by atoms with E-state index in [-0.39, 0.29) is 0 Å². The van der Waals surface area contributed by atoms with Gasteiger partial charge in [-0.25, -0.2) is 0 Å². The van der Waals surface area contributed by atoms with E-state index >= 15 is 0 Å². The highest BCUT2D eigenvalue weighted by atomic mass is 14.9. The Morgan fingerprint density at radius 1 is 1.25 bits per heavy atom. The minimum absolute atomic E-state index is 0.488. The van der Waals surface area contributed by atoms with E-state index in [9.17, 15) is 0 Å². The molecule has 1 unspecified atom stereocenters. The SMILES string of the molecule is CCCNC(C)CCC(C)(C)C. The van der Waals surface area contributed by atoms with Crippen molar-refractivity contribution in [1.29, 1.82) is 0 Å². The first-order chi connectivity index (χ1) is 5.45. The topological polar surface area (TPSA) is 12.0 Å². The molecule has 0 aliphatic rings. The standard InChI is InChI=1S/C11H25N/c1-6-9-12-10(2)7-8-11(3,4)5/h10,12H,6-9H2,1-5H3. The normalized spacial score (nSPS) is 14.8. The maximum atomic E-state index is 3.50. The molecule has 0 aliphatic carbocycles. The van der Waals surface area contributed by atoms with Gasteiger partial charge in [-0.1, -0.05) is 27.7 Å². The Hall–Kier alpha value is -0.0400. The van der Waals surface area contributed by atoms with Gasteiger partial charge in [-0.05, 0) is 38.1 Å². The second-order valence-corrected chi connectivity index (χ2v) is 4.95. The van der Waals surface area contributed by atoms with Crippen LogP contribution in [0.1, 0.15) is 53.9 Å². The van der Waals surface area contributed by atoms with E-state index in [4.69, 9.17) is 0 Å². The maximum absolute atomic E-state index is 3.50. The molecule has 0 spiro atoms. The maximum Gasteiger partial charge on any atom is 0.00389 e. The van der Waals surface area contributed by atoms with Gasteiger partial charge in [0.05, 0.1) is 0 Å². The zero-order valence-electron chi connectivity index (χ0n) is 9.41. The smallest absolute Gasteiger partial charge is 0.00389 e. The van der Waals surface area contributed by atoms with Crippen LogP contribution in [0.15, 0.2) is 0 Å². The fourth-order valence-electron chi connectivity index (χ4n) is 1.14. The highest BCUT2D eigenvalue weighted by molar-refractivity contribution is 4.67. The van der Waals surface area contributed by atoms with E-state index < -0.39 is 0 Å². The molecule has 0 heterocycles. The van der Waals surface area contributed by atoms with Crippen LogP contribution in [0.2, 0.25) is 0 Å². The first-order valence-electron chi connectivity index (χ1n) is 5.19. The molecule has 0 saturated heterocycles. The zero-order chi connectivity index (χ0) is 9.61. The van der Waals surface area contributed by atoms with Crippen molar-refractivity contribution in [2.75, 3.05) is 6.54 Å². The molecule has 0 radical (unpaired) electrons. The molecule has 0 aromatic carbocycles. The van der Waals surface area contributed by atoms with Gasteiger partial charge in [0.1, 0.15) is 0 Å². The van der Waals surface area contributed by atoms with E-state index in [0.717, 1.165) is 6.54 Å². The van der Waals surface area contributed by atoms with Gasteiger partial charge in [-0.15, -0.1) is 0 Å². The van der Waals surface area contributed by atoms with Gasteiger partial charge in [0.15, 0.2) is 0 Å². The van der Waals surface area contributed by atoms with Crippen LogP contribution in [0.3, 0.4) is 0 Å². The highest BCUT2D eigenvalue weighted by Gasteiger charge is 2.11. The lowest BCUT2D eigenvalue weighted by Crippen LogP contribution is -2.27. The summed E-state index contributed by atoms with van der Waals surface area (Å²) in [6.07, 6.45) is 3.84. The molecular weight excluding hydrogens is 146 g/mol. The summed E-state index contributed by atoms with van der Waals surface area (Å²) < 4.78 is 0. The third kappa shape index (κ3) is 8.06. The van der Waals surface area contributed by atoms with E-state index in [0.29, 0.717) is 11.5 Å². The molecule has 74 valence electrons. The van der Waals surface area contributed by atoms with Gasteiger partial charge in [-0.2, -0.15) is 0 Å². The van der Waals surface area contributed by atoms with Gasteiger partial charge >= 0.3 is 0 Å². The Morgan fingerprint density at radius 2 is 1.83 bits per heavy atom. The molecule has 0 aromatic rings. The van der Waals surface area contributed by atoms with Gasteiger partial charge in [0, 0.05) is 6.04 Å². The van der Waals surface area contributed by atoms with Crippen molar-refractivity contribution in [2.45, 2.75) is 59.9 Å². The molecule has 0 aromatic heterocycles. The Bertz CT molecular complexity index is 102. The second kappa shape index (κ2) is 5.58. The van der Waals surface area contributed by atoms with Crippen LogP contribution in [-0.2, 0) is 0 Å². The third-order valence-corrected chi connectivity index (χ3v) is 2.07. The Balaban J connectivity index is 3.37. The van der Waals surface area contributed by atoms with Crippen LogP contribution in [0, 0.1) is 5.41 Å². The Morgan fingerprint density at radius 3 is 2.25 bits per heavy atom. The highest BCUT2D eigenvalue weighted by Crippen LogP contribution is 2.21. The minimum Gasteiger partial charge on any atom is -0.314 e. The lowest BCUT2D eigenvalue weighted by atomic mass is 9.89. The molecule has 1 N–H and O–H groups in total. The van der Waals surface area contributed by atoms with Gasteiger partial charge in [0.2, 0.25) is 0 Å². The molecule has 1 nitrogen and oxygen atoms in total. The van der Waals surface area contributed by atoms with Gasteiger partial charge < -0.3 is 5.32 Å². The monoisotopic (exact) mass is 171 g/mol. The van der Waals surface area contributed by atoms with E-state index in [2.05, 4.69) is 39.9 Å². The number of hydrogen-bond acceptors (Lipinski definition) is 1. The molecule has 12 heavy (non-hydrogen) atoms. The summed E-state index contributed by atoms with van der Waals surface area (Å²) in [6, 6.07) is 0.684. The molecule has 0 fully saturated rings. The summed E-state index contributed by atoms with van der Waals surface area (Å²) in [5.41, 5.74) is 0.488. The summed E-state index contributed by atoms with van der Waals surface area (Å²) in [7, 11) is 0. The quantitative estimate of drug-likeness (QED) is 0.670. The van der Waals surface area contributed by atoms with E-state index in [1.807, 2.05) is 0 Å². The summed E-state index contributed by atoms with van der Waals surface area (Å²) in [5, 5.41) is 3.50. The van der Waals surface area contributed by atoms with Crippen molar-refractivity contribution in [3.8, 4) is 0 Å². The molecule has 0 rings (SSSR count). The Kier molecular flexibility index (Phi) is 5.56. The van der Waals surface area contributed by atoms with Crippen molar-refractivity contribution in [1.82, 2.24) is 5.32 Å². The largest absolute Gasteiger partial charge is 0.314 e. The molecule has 0 amide bonds. The van der Waals surface area contributed by atoms with Crippen molar-refractivity contribution in [3.05, 3.63) is 0 Å². The van der Waals surface area contributed by atoms with Crippen LogP contribution in [0.25, 0.3) is 0 Å². The van der Waals surface area contributed by atoms with Crippen LogP contribution >= 0.6 is 0 Å². The van der Waals surface area contributed by atoms with Crippen molar-refractivity contribution < 1.29 is 0 Å². The molecule has 0 bridgehead atoms. The molecular formula is C11H25N. The van der Waals surface area contributed by atoms with Crippen LogP contribution < -0.4 is 5.32 Å². The second-order valence-electron chi connectivity index (χ2n) is 4.95. The van der Waals surface area contributed by atoms with Crippen molar-refractivity contribution in [3.63, 3.8) is 0 Å². The van der Waals surface area contributed by atoms with Gasteiger partial charge in [0.25, 0.3) is 0 Å². The zero-order valence-corrected chi connectivity index (χ0v) is 9.41. The third-order valence-electron chi connectivity index (χ3n) is 2.07. The fraction of sp³-hybridized carbons (Fsp3) is 1.00. The van der Waals surface area contributed by atoms with E-state index in [1.165, 1.54) is 19.3 Å². The first kappa shape index (κ1) is 12.0. The minimum atomic E-state index is 0.488. The van der Waals surface area contributed by atoms with Crippen LogP contribution in [0.4, 0.5) is 0 Å².